The number of hydrogen-bond acceptors (Lipinski definition) is 3. The normalized spacial score (nSPS) is 46.2. The van der Waals surface area contributed by atoms with Gasteiger partial charge in [0.2, 0.25) is 0 Å². The maximum absolute atomic E-state index is 13.9. The fourth-order valence-corrected chi connectivity index (χ4v) is 8.07. The van der Waals surface area contributed by atoms with Crippen LogP contribution in [0.2, 0.25) is 0 Å². The Morgan fingerprint density at radius 3 is 2.83 bits per heavy atom. The van der Waals surface area contributed by atoms with Gasteiger partial charge in [-0.3, -0.25) is 4.98 Å². The van der Waals surface area contributed by atoms with Crippen LogP contribution in [0.5, 0.6) is 0 Å². The van der Waals surface area contributed by atoms with Crippen molar-refractivity contribution in [1.29, 1.82) is 0 Å². The van der Waals surface area contributed by atoms with Crippen LogP contribution in [-0.2, 0) is 0 Å². The Morgan fingerprint density at radius 2 is 2.03 bits per heavy atom. The summed E-state index contributed by atoms with van der Waals surface area (Å²) in [5, 5.41) is 12.9. The van der Waals surface area contributed by atoms with E-state index in [1.807, 2.05) is 6.20 Å². The third-order valence-corrected chi connectivity index (χ3v) is 9.49. The van der Waals surface area contributed by atoms with E-state index in [9.17, 15) is 9.60 Å². The number of nitrogens with zero attached hydrogens (tertiary/aromatic N) is 2. The monoisotopic (exact) mass is 392 g/mol. The van der Waals surface area contributed by atoms with Crippen molar-refractivity contribution in [2.75, 3.05) is 0 Å². The molecule has 152 valence electrons. The molecule has 0 aliphatic heterocycles. The van der Waals surface area contributed by atoms with Crippen molar-refractivity contribution in [3.8, 4) is 0 Å². The highest BCUT2D eigenvalue weighted by molar-refractivity contribution is 5.96. The van der Waals surface area contributed by atoms with Crippen LogP contribution in [0.4, 0.5) is 4.39 Å². The molecule has 1 heterocycles. The van der Waals surface area contributed by atoms with Gasteiger partial charge in [0.05, 0.1) is 11.9 Å². The van der Waals surface area contributed by atoms with Crippen LogP contribution < -0.4 is 0 Å². The molecule has 4 heteroatoms. The highest BCUT2D eigenvalue weighted by atomic mass is 19.1. The Hall–Kier alpha value is -1.97. The van der Waals surface area contributed by atoms with Crippen molar-refractivity contribution in [3.63, 3.8) is 0 Å². The zero-order valence-electron chi connectivity index (χ0n) is 17.2. The van der Waals surface area contributed by atoms with E-state index in [4.69, 9.17) is 0 Å². The molecule has 1 aromatic heterocycles. The smallest absolute Gasteiger partial charge is 0.142 e. The fraction of sp³-hybridized carbons (Fsp3) is 0.600. The third-order valence-electron chi connectivity index (χ3n) is 9.49. The predicted molar refractivity (Wildman–Crippen MR) is 111 cm³/mol. The molecule has 0 amide bonds. The molecule has 5 aliphatic carbocycles. The Labute approximate surface area is 171 Å². The SMILES string of the molecule is C[C@]12CCC(=NO)C=C1C1CC1[C@@H]1[C@@H]2CC[C@]2(C)C(c3cncc(F)c3)=CC[C@@H]12. The molecule has 7 atom stereocenters. The van der Waals surface area contributed by atoms with Crippen LogP contribution in [-0.4, -0.2) is 15.9 Å². The fourth-order valence-electron chi connectivity index (χ4n) is 8.07. The summed E-state index contributed by atoms with van der Waals surface area (Å²) >= 11 is 0. The molecule has 0 radical (unpaired) electrons. The molecular formula is C25H29FN2O. The number of halogens is 1. The summed E-state index contributed by atoms with van der Waals surface area (Å²) in [6.45, 7) is 4.92. The van der Waals surface area contributed by atoms with Gasteiger partial charge in [0.15, 0.2) is 0 Å². The molecule has 29 heavy (non-hydrogen) atoms. The molecule has 3 saturated carbocycles. The first-order valence-electron chi connectivity index (χ1n) is 11.2. The van der Waals surface area contributed by atoms with Crippen molar-refractivity contribution in [1.82, 2.24) is 4.98 Å². The number of allylic oxidation sites excluding steroid dienone is 4. The van der Waals surface area contributed by atoms with Crippen molar-refractivity contribution in [3.05, 3.63) is 47.6 Å². The Kier molecular flexibility index (Phi) is 3.57. The first kappa shape index (κ1) is 17.9. The summed E-state index contributed by atoms with van der Waals surface area (Å²) in [6.07, 6.45) is 14.6. The lowest BCUT2D eigenvalue weighted by Crippen LogP contribution is -2.51. The predicted octanol–water partition coefficient (Wildman–Crippen LogP) is 5.86. The van der Waals surface area contributed by atoms with Crippen LogP contribution in [0.25, 0.3) is 5.57 Å². The highest BCUT2D eigenvalue weighted by Gasteiger charge is 2.66. The Bertz CT molecular complexity index is 981. The molecule has 1 aromatic rings. The molecule has 0 spiro atoms. The van der Waals surface area contributed by atoms with Gasteiger partial charge in [0.25, 0.3) is 0 Å². The van der Waals surface area contributed by atoms with E-state index in [0.29, 0.717) is 17.8 Å². The topological polar surface area (TPSA) is 45.5 Å². The zero-order valence-corrected chi connectivity index (χ0v) is 17.2. The quantitative estimate of drug-likeness (QED) is 0.480. The largest absolute Gasteiger partial charge is 0.411 e. The van der Waals surface area contributed by atoms with Gasteiger partial charge in [0, 0.05) is 6.20 Å². The standard InChI is InChI=1S/C25H29FN2O/c1-24-8-6-21-23(20(24)4-3-19(24)14-9-15(26)13-27-12-14)18-11-17(18)22-10-16(28-29)5-7-25(21,22)2/h3,9-10,12-13,17-18,20-21,23,29H,4-8,11H2,1-2H3/t17?,18?,20-,21-,23-,24+,25+/m0/s1. The summed E-state index contributed by atoms with van der Waals surface area (Å²) in [7, 11) is 0. The second kappa shape index (κ2) is 5.80. The van der Waals surface area contributed by atoms with E-state index in [-0.39, 0.29) is 16.6 Å². The number of fused-ring (bicyclic) bond motifs is 8. The van der Waals surface area contributed by atoms with E-state index < -0.39 is 0 Å². The van der Waals surface area contributed by atoms with Crippen LogP contribution in [0.3, 0.4) is 0 Å². The van der Waals surface area contributed by atoms with E-state index in [2.05, 4.69) is 36.1 Å². The number of pyridine rings is 1. The van der Waals surface area contributed by atoms with Crippen LogP contribution >= 0.6 is 0 Å². The first-order chi connectivity index (χ1) is 14.0. The molecule has 0 bridgehead atoms. The van der Waals surface area contributed by atoms with Crippen LogP contribution in [0, 0.1) is 46.2 Å². The maximum atomic E-state index is 13.9. The summed E-state index contributed by atoms with van der Waals surface area (Å²) in [4.78, 5) is 4.13. The zero-order chi connectivity index (χ0) is 20.0. The molecule has 0 saturated heterocycles. The molecule has 3 nitrogen and oxygen atoms in total. The lowest BCUT2D eigenvalue weighted by molar-refractivity contribution is -0.0269. The van der Waals surface area contributed by atoms with Gasteiger partial charge in [0.1, 0.15) is 5.82 Å². The average Bonchev–Trinajstić information content (AvgIpc) is 3.42. The summed E-state index contributed by atoms with van der Waals surface area (Å²) in [5.74, 6) is 3.34. The van der Waals surface area contributed by atoms with Gasteiger partial charge < -0.3 is 5.21 Å². The van der Waals surface area contributed by atoms with E-state index in [0.717, 1.165) is 42.4 Å². The second-order valence-electron chi connectivity index (χ2n) is 10.6. The van der Waals surface area contributed by atoms with Gasteiger partial charge >= 0.3 is 0 Å². The lowest BCUT2D eigenvalue weighted by atomic mass is 9.46. The van der Waals surface area contributed by atoms with E-state index >= 15 is 0 Å². The Balaban J connectivity index is 1.37. The maximum Gasteiger partial charge on any atom is 0.142 e. The third kappa shape index (κ3) is 2.29. The van der Waals surface area contributed by atoms with Crippen molar-refractivity contribution >= 4 is 11.3 Å². The summed E-state index contributed by atoms with van der Waals surface area (Å²) < 4.78 is 13.9. The van der Waals surface area contributed by atoms with E-state index in [1.54, 1.807) is 11.6 Å². The van der Waals surface area contributed by atoms with Crippen molar-refractivity contribution in [2.45, 2.75) is 52.4 Å². The number of oxime groups is 1. The second-order valence-corrected chi connectivity index (χ2v) is 10.6. The molecule has 2 unspecified atom stereocenters. The van der Waals surface area contributed by atoms with Gasteiger partial charge in [-0.25, -0.2) is 4.39 Å². The molecule has 1 N–H and O–H groups in total. The molecule has 5 aliphatic rings. The average molecular weight is 393 g/mol. The number of hydrogen-bond donors (Lipinski definition) is 1. The van der Waals surface area contributed by atoms with E-state index in [1.165, 1.54) is 31.0 Å². The van der Waals surface area contributed by atoms with Gasteiger partial charge in [-0.15, -0.1) is 0 Å². The van der Waals surface area contributed by atoms with Crippen molar-refractivity contribution < 1.29 is 9.60 Å². The Morgan fingerprint density at radius 1 is 1.17 bits per heavy atom. The molecule has 6 rings (SSSR count). The minimum Gasteiger partial charge on any atom is -0.411 e. The van der Waals surface area contributed by atoms with Crippen LogP contribution in [0.15, 0.2) is 41.3 Å². The lowest BCUT2D eigenvalue weighted by Gasteiger charge is -2.57. The summed E-state index contributed by atoms with van der Waals surface area (Å²) in [6, 6.07) is 1.67. The number of rotatable bonds is 1. The van der Waals surface area contributed by atoms with Crippen molar-refractivity contribution in [2.24, 2.45) is 45.6 Å². The van der Waals surface area contributed by atoms with Gasteiger partial charge in [-0.05, 0) is 102 Å². The van der Waals surface area contributed by atoms with Gasteiger partial charge in [-0.1, -0.05) is 30.7 Å². The minimum absolute atomic E-state index is 0.133. The van der Waals surface area contributed by atoms with Gasteiger partial charge in [-0.2, -0.15) is 0 Å². The summed E-state index contributed by atoms with van der Waals surface area (Å²) in [5.41, 5.74) is 5.13. The first-order valence-corrected chi connectivity index (χ1v) is 11.2. The number of aromatic nitrogens is 1. The molecule has 0 aromatic carbocycles. The minimum atomic E-state index is -0.241. The highest BCUT2D eigenvalue weighted by Crippen LogP contribution is 2.74. The van der Waals surface area contributed by atoms with Crippen LogP contribution in [0.1, 0.15) is 57.9 Å². The molecular weight excluding hydrogens is 363 g/mol. The molecule has 3 fully saturated rings.